The molecule has 0 bridgehead atoms. The van der Waals surface area contributed by atoms with Crippen LogP contribution in [-0.4, -0.2) is 51.0 Å². The van der Waals surface area contributed by atoms with Crippen LogP contribution in [0.25, 0.3) is 5.69 Å². The van der Waals surface area contributed by atoms with Crippen LogP contribution in [0, 0.1) is 12.8 Å². The molecule has 2 aromatic rings. The van der Waals surface area contributed by atoms with Gasteiger partial charge in [0, 0.05) is 25.6 Å². The average Bonchev–Trinajstić information content (AvgIpc) is 2.97. The number of piperidine rings is 1. The third kappa shape index (κ3) is 3.32. The van der Waals surface area contributed by atoms with Crippen molar-refractivity contribution in [3.05, 3.63) is 24.2 Å². The molecule has 8 nitrogen and oxygen atoms in total. The van der Waals surface area contributed by atoms with Crippen LogP contribution in [0.5, 0.6) is 5.88 Å². The molecule has 1 aliphatic heterocycles. The smallest absolute Gasteiger partial charge is 0.303 e. The molecule has 0 aromatic carbocycles. The van der Waals surface area contributed by atoms with Crippen molar-refractivity contribution in [3.8, 4) is 11.6 Å². The van der Waals surface area contributed by atoms with E-state index in [9.17, 15) is 4.79 Å². The van der Waals surface area contributed by atoms with E-state index in [0.29, 0.717) is 5.88 Å². The van der Waals surface area contributed by atoms with Crippen LogP contribution in [0.1, 0.15) is 25.1 Å². The molecule has 0 spiro atoms. The Morgan fingerprint density at radius 3 is 2.67 bits per heavy atom. The lowest BCUT2D eigenvalue weighted by molar-refractivity contribution is -0.138. The largest absolute Gasteiger partial charge is 0.481 e. The van der Waals surface area contributed by atoms with Gasteiger partial charge in [-0.05, 0) is 31.7 Å². The summed E-state index contributed by atoms with van der Waals surface area (Å²) in [6.45, 7) is 3.46. The summed E-state index contributed by atoms with van der Waals surface area (Å²) in [5.74, 6) is 1.62. The Bertz CT molecular complexity index is 705. The minimum Gasteiger partial charge on any atom is -0.481 e. The number of rotatable bonds is 5. The van der Waals surface area contributed by atoms with Gasteiger partial charge >= 0.3 is 5.97 Å². The number of carboxylic acid groups (broad SMARTS) is 1. The number of ether oxygens (including phenoxy) is 1. The van der Waals surface area contributed by atoms with Crippen LogP contribution in [0.15, 0.2) is 18.3 Å². The summed E-state index contributed by atoms with van der Waals surface area (Å²) in [6.07, 6.45) is 3.66. The van der Waals surface area contributed by atoms with Gasteiger partial charge in [0.2, 0.25) is 11.8 Å². The van der Waals surface area contributed by atoms with Crippen molar-refractivity contribution in [2.24, 2.45) is 5.92 Å². The first-order valence-electron chi connectivity index (χ1n) is 7.97. The fraction of sp³-hybridized carbons (Fsp3) is 0.500. The highest BCUT2D eigenvalue weighted by atomic mass is 16.5. The molecule has 0 aliphatic carbocycles. The zero-order valence-electron chi connectivity index (χ0n) is 13.8. The number of aliphatic carboxylic acids is 1. The summed E-state index contributed by atoms with van der Waals surface area (Å²) in [5.41, 5.74) is 0.876. The average molecular weight is 331 g/mol. The number of hydrogen-bond acceptors (Lipinski definition) is 6. The fourth-order valence-corrected chi connectivity index (χ4v) is 3.07. The first-order chi connectivity index (χ1) is 11.6. The fourth-order valence-electron chi connectivity index (χ4n) is 3.07. The van der Waals surface area contributed by atoms with Crippen molar-refractivity contribution in [2.45, 2.75) is 26.2 Å². The van der Waals surface area contributed by atoms with E-state index in [1.165, 1.54) is 0 Å². The molecule has 3 heterocycles. The maximum atomic E-state index is 10.9. The number of pyridine rings is 1. The van der Waals surface area contributed by atoms with Gasteiger partial charge in [-0.3, -0.25) is 9.36 Å². The molecule has 1 saturated heterocycles. The molecule has 8 heteroatoms. The quantitative estimate of drug-likeness (QED) is 0.890. The lowest BCUT2D eigenvalue weighted by atomic mass is 9.94. The van der Waals surface area contributed by atoms with Crippen molar-refractivity contribution < 1.29 is 14.6 Å². The Labute approximate surface area is 140 Å². The summed E-state index contributed by atoms with van der Waals surface area (Å²) in [5, 5.41) is 17.4. The highest BCUT2D eigenvalue weighted by Gasteiger charge is 2.25. The van der Waals surface area contributed by atoms with Crippen LogP contribution in [0.4, 0.5) is 5.95 Å². The minimum atomic E-state index is -0.725. The van der Waals surface area contributed by atoms with Gasteiger partial charge in [0.25, 0.3) is 0 Å². The molecular formula is C16H21N5O3. The Morgan fingerprint density at radius 2 is 2.08 bits per heavy atom. The van der Waals surface area contributed by atoms with E-state index in [1.54, 1.807) is 19.4 Å². The van der Waals surface area contributed by atoms with E-state index in [2.05, 4.69) is 20.1 Å². The van der Waals surface area contributed by atoms with Gasteiger partial charge in [0.1, 0.15) is 5.82 Å². The van der Waals surface area contributed by atoms with Crippen LogP contribution >= 0.6 is 0 Å². The first-order valence-corrected chi connectivity index (χ1v) is 7.97. The lowest BCUT2D eigenvalue weighted by Gasteiger charge is -2.32. The van der Waals surface area contributed by atoms with Crippen LogP contribution < -0.4 is 9.64 Å². The predicted octanol–water partition coefficient (Wildman–Crippen LogP) is 1.67. The summed E-state index contributed by atoms with van der Waals surface area (Å²) in [7, 11) is 1.58. The molecule has 1 aliphatic rings. The first kappa shape index (κ1) is 16.2. The molecule has 1 fully saturated rings. The van der Waals surface area contributed by atoms with Gasteiger partial charge < -0.3 is 14.7 Å². The molecule has 3 rings (SSSR count). The molecule has 1 N–H and O–H groups in total. The number of aryl methyl sites for hydroxylation is 1. The lowest BCUT2D eigenvalue weighted by Crippen LogP contribution is -2.36. The van der Waals surface area contributed by atoms with Crippen molar-refractivity contribution in [1.82, 2.24) is 19.7 Å². The number of aromatic nitrogens is 4. The van der Waals surface area contributed by atoms with E-state index in [1.807, 2.05) is 17.6 Å². The van der Waals surface area contributed by atoms with Gasteiger partial charge in [0.15, 0.2) is 0 Å². The van der Waals surface area contributed by atoms with Gasteiger partial charge in [-0.25, -0.2) is 4.98 Å². The Morgan fingerprint density at radius 1 is 1.33 bits per heavy atom. The molecule has 0 unspecified atom stereocenters. The summed E-state index contributed by atoms with van der Waals surface area (Å²) in [4.78, 5) is 17.3. The Hall–Kier alpha value is -2.64. The second-order valence-electron chi connectivity index (χ2n) is 5.97. The SMILES string of the molecule is COc1ccc(-n2c(C)nnc2N2CCC(CC(=O)O)CC2)cn1. The number of carboxylic acids is 1. The van der Waals surface area contributed by atoms with Crippen molar-refractivity contribution >= 4 is 11.9 Å². The van der Waals surface area contributed by atoms with Crippen molar-refractivity contribution in [3.63, 3.8) is 0 Å². The van der Waals surface area contributed by atoms with Crippen LogP contribution in [0.3, 0.4) is 0 Å². The Balaban J connectivity index is 1.79. The van der Waals surface area contributed by atoms with Crippen LogP contribution in [0.2, 0.25) is 0 Å². The monoisotopic (exact) mass is 331 g/mol. The summed E-state index contributed by atoms with van der Waals surface area (Å²) in [6, 6.07) is 3.72. The highest BCUT2D eigenvalue weighted by molar-refractivity contribution is 5.67. The van der Waals surface area contributed by atoms with E-state index in [-0.39, 0.29) is 12.3 Å². The van der Waals surface area contributed by atoms with E-state index in [0.717, 1.165) is 43.4 Å². The van der Waals surface area contributed by atoms with E-state index in [4.69, 9.17) is 9.84 Å². The third-order valence-corrected chi connectivity index (χ3v) is 4.36. The zero-order valence-corrected chi connectivity index (χ0v) is 13.8. The number of nitrogens with zero attached hydrogens (tertiary/aromatic N) is 5. The Kier molecular flexibility index (Phi) is 4.64. The van der Waals surface area contributed by atoms with E-state index < -0.39 is 5.97 Å². The third-order valence-electron chi connectivity index (χ3n) is 4.36. The van der Waals surface area contributed by atoms with Gasteiger partial charge in [-0.2, -0.15) is 0 Å². The summed E-state index contributed by atoms with van der Waals surface area (Å²) >= 11 is 0. The number of carbonyl (C=O) groups is 1. The molecule has 0 amide bonds. The second kappa shape index (κ2) is 6.86. The number of anilines is 1. The second-order valence-corrected chi connectivity index (χ2v) is 5.97. The van der Waals surface area contributed by atoms with Gasteiger partial charge in [-0.1, -0.05) is 0 Å². The van der Waals surface area contributed by atoms with E-state index >= 15 is 0 Å². The predicted molar refractivity (Wildman–Crippen MR) is 87.6 cm³/mol. The molecule has 0 saturated carbocycles. The maximum Gasteiger partial charge on any atom is 0.303 e. The normalized spacial score (nSPS) is 15.5. The molecule has 128 valence electrons. The molecule has 2 aromatic heterocycles. The maximum absolute atomic E-state index is 10.9. The molecule has 0 atom stereocenters. The number of methoxy groups -OCH3 is 1. The molecule has 24 heavy (non-hydrogen) atoms. The molecule has 0 radical (unpaired) electrons. The number of hydrogen-bond donors (Lipinski definition) is 1. The zero-order chi connectivity index (χ0) is 17.1. The van der Waals surface area contributed by atoms with Crippen LogP contribution in [-0.2, 0) is 4.79 Å². The van der Waals surface area contributed by atoms with Gasteiger partial charge in [-0.15, -0.1) is 10.2 Å². The molecular weight excluding hydrogens is 310 g/mol. The highest BCUT2D eigenvalue weighted by Crippen LogP contribution is 2.26. The van der Waals surface area contributed by atoms with Crippen molar-refractivity contribution in [2.75, 3.05) is 25.1 Å². The summed E-state index contributed by atoms with van der Waals surface area (Å²) < 4.78 is 7.06. The minimum absolute atomic E-state index is 0.235. The topological polar surface area (TPSA) is 93.4 Å². The standard InChI is InChI=1S/C16H21N5O3/c1-11-18-19-16(20-7-5-12(6-8-20)9-15(22)23)21(11)13-3-4-14(24-2)17-10-13/h3-4,10,12H,5-9H2,1-2H3,(H,22,23). The van der Waals surface area contributed by atoms with Gasteiger partial charge in [0.05, 0.1) is 19.0 Å². The van der Waals surface area contributed by atoms with Crippen molar-refractivity contribution in [1.29, 1.82) is 0 Å².